The van der Waals surface area contributed by atoms with Crippen LogP contribution in [0.3, 0.4) is 0 Å². The molecule has 0 amide bonds. The Morgan fingerprint density at radius 3 is 1.26 bits per heavy atom. The van der Waals surface area contributed by atoms with Gasteiger partial charge in [-0.1, -0.05) is 67.9 Å². The Labute approximate surface area is 551 Å². The van der Waals surface area contributed by atoms with Gasteiger partial charge in [-0.25, -0.2) is 34.3 Å². The molecule has 0 unspecified atom stereocenters. The predicted octanol–water partition coefficient (Wildman–Crippen LogP) is 11.3. The van der Waals surface area contributed by atoms with E-state index in [4.69, 9.17) is 35.4 Å². The third-order valence-electron chi connectivity index (χ3n) is 17.8. The second-order valence-corrected chi connectivity index (χ2v) is 25.8. The summed E-state index contributed by atoms with van der Waals surface area (Å²) in [4.78, 5) is 30.7. The van der Waals surface area contributed by atoms with E-state index in [1.54, 1.807) is 35.8 Å². The summed E-state index contributed by atoms with van der Waals surface area (Å²) in [6.45, 7) is 3.64. The van der Waals surface area contributed by atoms with E-state index in [1.807, 2.05) is 182 Å². The highest BCUT2D eigenvalue weighted by atomic mass is 19.1. The number of nitrogens with one attached hydrogen (secondary N) is 2. The number of alkyl halides is 1. The topological polar surface area (TPSA) is 247 Å². The lowest BCUT2D eigenvalue weighted by Crippen LogP contribution is -2.53. The monoisotopic (exact) mass is 1270 g/mol. The number of hydrogen-bond acceptors (Lipinski definition) is 17. The predicted molar refractivity (Wildman–Crippen MR) is 368 cm³/mol. The van der Waals surface area contributed by atoms with Crippen LogP contribution in [0.4, 0.5) is 21.8 Å². The van der Waals surface area contributed by atoms with Crippen LogP contribution in [0.2, 0.25) is 0 Å². The van der Waals surface area contributed by atoms with Crippen LogP contribution in [0.5, 0.6) is 0 Å². The van der Waals surface area contributed by atoms with Crippen LogP contribution in [0.15, 0.2) is 166 Å². The molecule has 0 bridgehead atoms. The van der Waals surface area contributed by atoms with Crippen LogP contribution in [-0.4, -0.2) is 140 Å². The minimum absolute atomic E-state index is 0.102. The highest BCUT2D eigenvalue weighted by Gasteiger charge is 2.40. The molecule has 486 valence electrons. The zero-order chi connectivity index (χ0) is 65.8. The Kier molecular flexibility index (Phi) is 18.1. The fourth-order valence-electron chi connectivity index (χ4n) is 12.2. The summed E-state index contributed by atoms with van der Waals surface area (Å²) in [5.41, 5.74) is 19.9. The van der Waals surface area contributed by atoms with Gasteiger partial charge in [0.25, 0.3) is 0 Å². The minimum atomic E-state index is -1.37. The number of rotatable bonds is 17. The molecule has 15 rings (SSSR count). The molecular formula is C71H79FN22O. The highest BCUT2D eigenvalue weighted by molar-refractivity contribution is 5.80. The molecule has 3 aromatic carbocycles. The second-order valence-electron chi connectivity index (χ2n) is 25.8. The fraction of sp³-hybridized carbons (Fsp3) is 0.324. The first-order valence-electron chi connectivity index (χ1n) is 32.0. The molecule has 9 aromatic heterocycles. The van der Waals surface area contributed by atoms with Gasteiger partial charge in [-0.2, -0.15) is 30.6 Å². The minimum Gasteiger partial charge on any atom is -0.374 e. The van der Waals surface area contributed by atoms with Gasteiger partial charge in [-0.15, -0.1) is 0 Å². The van der Waals surface area contributed by atoms with Crippen LogP contribution in [0.1, 0.15) is 51.9 Å². The molecule has 95 heavy (non-hydrogen) atoms. The summed E-state index contributed by atoms with van der Waals surface area (Å²) >= 11 is 0. The van der Waals surface area contributed by atoms with Crippen molar-refractivity contribution in [1.82, 2.24) is 88.6 Å². The molecule has 3 fully saturated rings. The summed E-state index contributed by atoms with van der Waals surface area (Å²) in [6.07, 6.45) is 36.5. The third-order valence-corrected chi connectivity index (χ3v) is 17.8. The Morgan fingerprint density at radius 1 is 0.495 bits per heavy atom. The van der Waals surface area contributed by atoms with Crippen LogP contribution in [0.25, 0.3) is 101 Å². The van der Waals surface area contributed by atoms with Gasteiger partial charge in [-0.05, 0) is 78.8 Å². The van der Waals surface area contributed by atoms with Gasteiger partial charge in [0, 0.05) is 190 Å². The van der Waals surface area contributed by atoms with Crippen molar-refractivity contribution in [3.8, 4) is 101 Å². The summed E-state index contributed by atoms with van der Waals surface area (Å²) in [6, 6.07) is 25.2. The molecule has 0 spiro atoms. The smallest absolute Gasteiger partial charge is 0.174 e. The average molecular weight is 1280 g/mol. The zero-order valence-electron chi connectivity index (χ0n) is 54.9. The van der Waals surface area contributed by atoms with Crippen LogP contribution >= 0.6 is 0 Å². The molecule has 0 atom stereocenters. The number of hydrogen-bond donors (Lipinski definition) is 3. The number of ether oxygens (including phenoxy) is 1. The van der Waals surface area contributed by atoms with Crippen LogP contribution in [-0.2, 0) is 47.0 Å². The Morgan fingerprint density at radius 2 is 0.874 bits per heavy atom. The highest BCUT2D eigenvalue weighted by Crippen LogP contribution is 2.41. The maximum absolute atomic E-state index is 14.8. The van der Waals surface area contributed by atoms with Crippen molar-refractivity contribution in [1.29, 1.82) is 0 Å². The van der Waals surface area contributed by atoms with Crippen molar-refractivity contribution in [2.75, 3.05) is 48.9 Å². The molecular weight excluding hydrogens is 1200 g/mol. The van der Waals surface area contributed by atoms with Crippen molar-refractivity contribution in [3.05, 3.63) is 166 Å². The Balaban J connectivity index is 0.000000129. The van der Waals surface area contributed by atoms with Gasteiger partial charge in [0.15, 0.2) is 23.1 Å². The molecule has 1 saturated heterocycles. The molecule has 1 aliphatic heterocycles. The number of anilines is 3. The van der Waals surface area contributed by atoms with E-state index >= 15 is 0 Å². The maximum atomic E-state index is 14.8. The van der Waals surface area contributed by atoms with E-state index in [0.717, 1.165) is 127 Å². The van der Waals surface area contributed by atoms with Gasteiger partial charge in [-0.3, -0.25) is 28.1 Å². The van der Waals surface area contributed by atoms with E-state index in [2.05, 4.69) is 83.5 Å². The molecule has 12 aromatic rings. The summed E-state index contributed by atoms with van der Waals surface area (Å²) in [7, 11) is 13.3. The van der Waals surface area contributed by atoms with Gasteiger partial charge in [0.1, 0.15) is 17.5 Å². The van der Waals surface area contributed by atoms with Crippen molar-refractivity contribution in [3.63, 3.8) is 0 Å². The van der Waals surface area contributed by atoms with E-state index in [9.17, 15) is 4.39 Å². The fourth-order valence-corrected chi connectivity index (χ4v) is 12.2. The summed E-state index contributed by atoms with van der Waals surface area (Å²) in [5, 5.41) is 33.0. The normalized spacial score (nSPS) is 16.1. The largest absolute Gasteiger partial charge is 0.374 e. The van der Waals surface area contributed by atoms with E-state index in [0.29, 0.717) is 40.8 Å². The molecule has 23 nitrogen and oxygen atoms in total. The molecule has 24 heteroatoms. The SMILES string of the molecule is CN(CC1(F)COC1)c1nc(-c2cccc(-c3cnn(C)c3)c2)ncc1-c1cnn(C)c1.Cn1cc(-c2cccc(-c3ncc(-c4cnn(C)c4)c(NC4CCC(N)CC4)n3)c2)cn1.Cn1cc(-c2cccc(-c3ncc(-c4cnn(C)c4)c(NCC4(C)CCC4)n3)c2)cn1. The first-order chi connectivity index (χ1) is 45.9. The van der Waals surface area contributed by atoms with Gasteiger partial charge >= 0.3 is 0 Å². The Hall–Kier alpha value is -10.6. The van der Waals surface area contributed by atoms with Gasteiger partial charge in [0.2, 0.25) is 0 Å². The maximum Gasteiger partial charge on any atom is 0.174 e. The molecule has 0 radical (unpaired) electrons. The van der Waals surface area contributed by atoms with Crippen molar-refractivity contribution >= 4 is 17.5 Å². The standard InChI is InChI=1S/C24H28N8.C24H27N7.C23H24FN7O/c1-31-14-18(11-27-31)16-4-3-5-17(10-16)23-26-13-22(19-12-28-32(2)15-19)24(30-23)29-21-8-6-20(25)7-9-21;1-24(8-5-9-24)16-26-23-21(20-12-28-31(3)15-20)13-25-22(29-23)18-7-4-6-17(10-18)19-11-27-30(2)14-19;1-29(13-23(24)14-32-15-23)22-20(19-9-27-31(3)12-19)10-25-21(28-22)17-6-4-5-16(7-17)18-8-26-30(2)11-18/h3-5,10-15,20-21H,6-9,25H2,1-2H3,(H,26,29,30);4,6-7,10-15H,5,8-9,16H2,1-3H3,(H,25,26,29);4-12H,13-15H2,1-3H3. The first kappa shape index (κ1) is 63.2. The zero-order valence-corrected chi connectivity index (χ0v) is 54.9. The Bertz CT molecular complexity index is 4610. The molecule has 3 aliphatic rings. The number of halogens is 1. The van der Waals surface area contributed by atoms with Crippen LogP contribution in [0, 0.1) is 5.41 Å². The second kappa shape index (κ2) is 27.2. The van der Waals surface area contributed by atoms with Crippen molar-refractivity contribution in [2.45, 2.75) is 69.6 Å². The van der Waals surface area contributed by atoms with Gasteiger partial charge in [0.05, 0.1) is 56.9 Å². The average Bonchev–Trinajstić information content (AvgIpc) is 1.39. The van der Waals surface area contributed by atoms with E-state index < -0.39 is 5.67 Å². The van der Waals surface area contributed by atoms with E-state index in [1.165, 1.54) is 19.3 Å². The van der Waals surface area contributed by atoms with Crippen molar-refractivity contribution < 1.29 is 9.13 Å². The molecule has 2 aliphatic carbocycles. The van der Waals surface area contributed by atoms with E-state index in [-0.39, 0.29) is 19.8 Å². The lowest BCUT2D eigenvalue weighted by Gasteiger charge is -2.38. The summed E-state index contributed by atoms with van der Waals surface area (Å²) in [5.74, 6) is 4.33. The number of nitrogens with zero attached hydrogens (tertiary/aromatic N) is 19. The van der Waals surface area contributed by atoms with Crippen molar-refractivity contribution in [2.24, 2.45) is 53.4 Å². The lowest BCUT2D eigenvalue weighted by atomic mass is 9.70. The summed E-state index contributed by atoms with van der Waals surface area (Å²) < 4.78 is 30.6. The molecule has 4 N–H and O–H groups in total. The van der Waals surface area contributed by atoms with Gasteiger partial charge < -0.3 is 26.0 Å². The quantitative estimate of drug-likeness (QED) is 0.0767. The molecule has 2 saturated carbocycles. The number of aromatic nitrogens is 18. The first-order valence-corrected chi connectivity index (χ1v) is 32.0. The lowest BCUT2D eigenvalue weighted by molar-refractivity contribution is -0.123. The number of nitrogens with two attached hydrogens (primary N) is 1. The number of benzene rings is 3. The van der Waals surface area contributed by atoms with Crippen LogP contribution < -0.4 is 21.3 Å². The number of aryl methyl sites for hydroxylation is 6. The molecule has 10 heterocycles. The third kappa shape index (κ3) is 14.8.